The van der Waals surface area contributed by atoms with Gasteiger partial charge >= 0.3 is 0 Å². The number of hydrogen-bond donors (Lipinski definition) is 1. The highest BCUT2D eigenvalue weighted by molar-refractivity contribution is 5.95. The monoisotopic (exact) mass is 545 g/mol. The van der Waals surface area contributed by atoms with Crippen molar-refractivity contribution in [1.29, 1.82) is 0 Å². The number of nitrogens with one attached hydrogen (secondary N) is 1. The Balaban J connectivity index is 1.64. The number of amides is 2. The Kier molecular flexibility index (Phi) is 12.5. The van der Waals surface area contributed by atoms with Crippen LogP contribution in [0.25, 0.3) is 0 Å². The molecule has 1 saturated heterocycles. The number of carbonyl (C=O) groups is 2. The van der Waals surface area contributed by atoms with Crippen molar-refractivity contribution >= 4 is 11.8 Å². The van der Waals surface area contributed by atoms with E-state index in [1.807, 2.05) is 42.0 Å². The first-order valence-corrected chi connectivity index (χ1v) is 14.8. The number of likely N-dealkylation sites (N-methyl/N-ethyl adjacent to an activating group) is 1. The topological polar surface area (TPSA) is 80.3 Å². The van der Waals surface area contributed by atoms with E-state index in [9.17, 15) is 9.59 Å². The maximum atomic E-state index is 13.7. The number of hydrogen-bond acceptors (Lipinski definition) is 6. The molecule has 8 heteroatoms. The Morgan fingerprint density at radius 2 is 1.72 bits per heavy atom. The zero-order chi connectivity index (χ0) is 28.4. The summed E-state index contributed by atoms with van der Waals surface area (Å²) in [6.07, 6.45) is 6.18. The molecule has 0 bridgehead atoms. The predicted octanol–water partition coefficient (Wildman–Crippen LogP) is 4.15. The fourth-order valence-electron chi connectivity index (χ4n) is 6.03. The molecule has 1 aromatic rings. The zero-order valence-electron chi connectivity index (χ0n) is 25.0. The van der Waals surface area contributed by atoms with Gasteiger partial charge in [-0.1, -0.05) is 25.3 Å². The lowest BCUT2D eigenvalue weighted by atomic mass is 9.84. The number of benzene rings is 1. The SMILES string of the molecule is COCCCOc1cc(C(=O)N(C[C@@H]2CNC[C@H]2CN(C)C(=O)[C@@H](OC)C2CCCCC2)C(C)C)ccc1C. The van der Waals surface area contributed by atoms with Gasteiger partial charge in [0.25, 0.3) is 11.8 Å². The van der Waals surface area contributed by atoms with Crippen molar-refractivity contribution in [3.63, 3.8) is 0 Å². The molecule has 0 aromatic heterocycles. The van der Waals surface area contributed by atoms with Gasteiger partial charge in [-0.15, -0.1) is 0 Å². The average Bonchev–Trinajstić information content (AvgIpc) is 3.37. The molecule has 39 heavy (non-hydrogen) atoms. The van der Waals surface area contributed by atoms with Crippen molar-refractivity contribution in [3.8, 4) is 5.75 Å². The molecule has 2 aliphatic rings. The lowest BCUT2D eigenvalue weighted by Gasteiger charge is -2.34. The molecule has 0 radical (unpaired) electrons. The highest BCUT2D eigenvalue weighted by atomic mass is 16.5. The van der Waals surface area contributed by atoms with E-state index in [0.717, 1.165) is 43.7 Å². The van der Waals surface area contributed by atoms with E-state index in [0.29, 0.717) is 37.8 Å². The normalized spacial score (nSPS) is 20.7. The average molecular weight is 546 g/mol. The van der Waals surface area contributed by atoms with E-state index >= 15 is 0 Å². The fraction of sp³-hybridized carbons (Fsp3) is 0.742. The molecule has 3 atom stereocenters. The summed E-state index contributed by atoms with van der Waals surface area (Å²) in [5.74, 6) is 1.69. The number of nitrogens with zero attached hydrogens (tertiary/aromatic N) is 2. The standard InChI is InChI=1S/C31H51N3O5/c1-22(2)34(30(35)25-14-13-23(3)28(17-25)39-16-10-15-37-5)21-27-19-32-18-26(27)20-33(4)31(36)29(38-6)24-11-8-7-9-12-24/h13-14,17,22,24,26-27,29,32H,7-12,15-16,18-21H2,1-6H3/t26-,27-,29-/m0/s1. The van der Waals surface area contributed by atoms with Crippen LogP contribution in [-0.4, -0.2) is 94.4 Å². The molecule has 3 rings (SSSR count). The third-order valence-corrected chi connectivity index (χ3v) is 8.44. The summed E-state index contributed by atoms with van der Waals surface area (Å²) in [4.78, 5) is 30.9. The van der Waals surface area contributed by atoms with Crippen LogP contribution in [0.5, 0.6) is 5.75 Å². The van der Waals surface area contributed by atoms with Crippen molar-refractivity contribution in [1.82, 2.24) is 15.1 Å². The minimum atomic E-state index is -0.357. The second-order valence-electron chi connectivity index (χ2n) is 11.7. The molecule has 1 N–H and O–H groups in total. The fourth-order valence-corrected chi connectivity index (χ4v) is 6.03. The van der Waals surface area contributed by atoms with Crippen molar-refractivity contribution < 1.29 is 23.8 Å². The van der Waals surface area contributed by atoms with Gasteiger partial charge in [0.15, 0.2) is 0 Å². The molecule has 1 saturated carbocycles. The van der Waals surface area contributed by atoms with E-state index in [-0.39, 0.29) is 35.8 Å². The van der Waals surface area contributed by atoms with Crippen LogP contribution in [0.2, 0.25) is 0 Å². The largest absolute Gasteiger partial charge is 0.493 e. The Labute approximate surface area is 235 Å². The van der Waals surface area contributed by atoms with Crippen molar-refractivity contribution in [2.24, 2.45) is 17.8 Å². The Bertz CT molecular complexity index is 917. The first-order valence-electron chi connectivity index (χ1n) is 14.8. The third-order valence-electron chi connectivity index (χ3n) is 8.44. The highest BCUT2D eigenvalue weighted by Gasteiger charge is 2.36. The van der Waals surface area contributed by atoms with Gasteiger partial charge in [-0.25, -0.2) is 0 Å². The predicted molar refractivity (Wildman–Crippen MR) is 154 cm³/mol. The van der Waals surface area contributed by atoms with Gasteiger partial charge in [0, 0.05) is 72.1 Å². The molecule has 8 nitrogen and oxygen atoms in total. The second-order valence-corrected chi connectivity index (χ2v) is 11.7. The third kappa shape index (κ3) is 8.66. The first-order chi connectivity index (χ1) is 18.8. The van der Waals surface area contributed by atoms with E-state index in [1.165, 1.54) is 19.3 Å². The lowest BCUT2D eigenvalue weighted by molar-refractivity contribution is -0.145. The Morgan fingerprint density at radius 3 is 2.36 bits per heavy atom. The molecule has 2 amide bonds. The molecule has 2 fully saturated rings. The Hall–Kier alpha value is -2.16. The maximum absolute atomic E-state index is 13.7. The van der Waals surface area contributed by atoms with Crippen LogP contribution in [-0.2, 0) is 14.3 Å². The minimum Gasteiger partial charge on any atom is -0.493 e. The number of methoxy groups -OCH3 is 2. The molecule has 1 aromatic carbocycles. The zero-order valence-corrected chi connectivity index (χ0v) is 25.0. The van der Waals surface area contributed by atoms with Crippen molar-refractivity contribution in [2.75, 3.05) is 60.7 Å². The van der Waals surface area contributed by atoms with Gasteiger partial charge in [0.1, 0.15) is 11.9 Å². The van der Waals surface area contributed by atoms with Crippen molar-refractivity contribution in [3.05, 3.63) is 29.3 Å². The van der Waals surface area contributed by atoms with E-state index in [2.05, 4.69) is 19.2 Å². The van der Waals surface area contributed by atoms with Gasteiger partial charge in [0.05, 0.1) is 6.61 Å². The van der Waals surface area contributed by atoms with E-state index < -0.39 is 0 Å². The number of ether oxygens (including phenoxy) is 3. The second kappa shape index (κ2) is 15.6. The van der Waals surface area contributed by atoms with Gasteiger partial charge in [-0.05, 0) is 69.1 Å². The first kappa shape index (κ1) is 31.4. The van der Waals surface area contributed by atoms with Crippen LogP contribution in [0.15, 0.2) is 18.2 Å². The van der Waals surface area contributed by atoms with Crippen LogP contribution in [0.3, 0.4) is 0 Å². The lowest BCUT2D eigenvalue weighted by Crippen LogP contribution is -2.46. The van der Waals surface area contributed by atoms with Gasteiger partial charge in [0.2, 0.25) is 0 Å². The molecule has 1 aliphatic carbocycles. The molecule has 220 valence electrons. The summed E-state index contributed by atoms with van der Waals surface area (Å²) >= 11 is 0. The Morgan fingerprint density at radius 1 is 1.03 bits per heavy atom. The molecule has 0 spiro atoms. The molecule has 1 heterocycles. The molecular formula is C31H51N3O5. The maximum Gasteiger partial charge on any atom is 0.254 e. The van der Waals surface area contributed by atoms with Crippen LogP contribution < -0.4 is 10.1 Å². The smallest absolute Gasteiger partial charge is 0.254 e. The quantitative estimate of drug-likeness (QED) is 0.354. The molecular weight excluding hydrogens is 494 g/mol. The van der Waals surface area contributed by atoms with Gasteiger partial charge < -0.3 is 29.3 Å². The summed E-state index contributed by atoms with van der Waals surface area (Å²) in [5, 5.41) is 3.51. The molecule has 1 aliphatic heterocycles. The van der Waals surface area contributed by atoms with Gasteiger partial charge in [-0.2, -0.15) is 0 Å². The van der Waals surface area contributed by atoms with Crippen LogP contribution >= 0.6 is 0 Å². The van der Waals surface area contributed by atoms with E-state index in [4.69, 9.17) is 14.2 Å². The van der Waals surface area contributed by atoms with E-state index in [1.54, 1.807) is 14.2 Å². The minimum absolute atomic E-state index is 0.0126. The van der Waals surface area contributed by atoms with Gasteiger partial charge in [-0.3, -0.25) is 9.59 Å². The van der Waals surface area contributed by atoms with Crippen LogP contribution in [0, 0.1) is 24.7 Å². The van der Waals surface area contributed by atoms with Crippen LogP contribution in [0.1, 0.15) is 68.3 Å². The number of carbonyl (C=O) groups excluding carboxylic acids is 2. The van der Waals surface area contributed by atoms with Crippen LogP contribution in [0.4, 0.5) is 0 Å². The summed E-state index contributed by atoms with van der Waals surface area (Å²) in [5.41, 5.74) is 1.65. The summed E-state index contributed by atoms with van der Waals surface area (Å²) in [6.45, 7) is 10.3. The number of aryl methyl sites for hydroxylation is 1. The molecule has 0 unspecified atom stereocenters. The number of rotatable bonds is 14. The summed E-state index contributed by atoms with van der Waals surface area (Å²) in [7, 11) is 5.25. The summed E-state index contributed by atoms with van der Waals surface area (Å²) in [6, 6.07) is 5.76. The summed E-state index contributed by atoms with van der Waals surface area (Å²) < 4.78 is 16.8. The van der Waals surface area contributed by atoms with Crippen molar-refractivity contribution in [2.45, 2.75) is 71.4 Å². The highest BCUT2D eigenvalue weighted by Crippen LogP contribution is 2.29.